The van der Waals surface area contributed by atoms with E-state index in [-0.39, 0.29) is 16.4 Å². The van der Waals surface area contributed by atoms with Crippen LogP contribution < -0.4 is 5.73 Å². The Morgan fingerprint density at radius 1 is 1.69 bits per heavy atom. The van der Waals surface area contributed by atoms with E-state index in [0.717, 1.165) is 4.90 Å². The number of amides is 1. The molecular formula is C9H10ClF2N3O. The summed E-state index contributed by atoms with van der Waals surface area (Å²) in [6.07, 6.45) is -1.38. The number of hydrogen-bond donors (Lipinski definition) is 1. The van der Waals surface area contributed by atoms with Crippen LogP contribution in [0.15, 0.2) is 12.3 Å². The number of alkyl halides is 2. The van der Waals surface area contributed by atoms with E-state index in [0.29, 0.717) is 0 Å². The van der Waals surface area contributed by atoms with Crippen LogP contribution in [0.25, 0.3) is 0 Å². The second-order valence-corrected chi connectivity index (χ2v) is 3.58. The van der Waals surface area contributed by atoms with Crippen molar-refractivity contribution in [2.24, 2.45) is 0 Å². The van der Waals surface area contributed by atoms with Gasteiger partial charge < -0.3 is 10.6 Å². The highest BCUT2D eigenvalue weighted by Gasteiger charge is 2.16. The summed E-state index contributed by atoms with van der Waals surface area (Å²) >= 11 is 5.66. The first kappa shape index (κ1) is 12.6. The van der Waals surface area contributed by atoms with Crippen LogP contribution >= 0.6 is 11.6 Å². The van der Waals surface area contributed by atoms with Crippen molar-refractivity contribution in [3.63, 3.8) is 0 Å². The maximum atomic E-state index is 12.0. The summed E-state index contributed by atoms with van der Waals surface area (Å²) in [5, 5.41) is 0.122. The summed E-state index contributed by atoms with van der Waals surface area (Å²) in [7, 11) is 1.28. The van der Waals surface area contributed by atoms with Crippen molar-refractivity contribution in [3.05, 3.63) is 22.8 Å². The number of nitrogens with two attached hydrogens (primary N) is 1. The van der Waals surface area contributed by atoms with Gasteiger partial charge in [-0.2, -0.15) is 0 Å². The van der Waals surface area contributed by atoms with Crippen molar-refractivity contribution in [1.29, 1.82) is 0 Å². The molecule has 0 aliphatic heterocycles. The average Bonchev–Trinajstić information content (AvgIpc) is 2.20. The molecule has 0 saturated heterocycles. The summed E-state index contributed by atoms with van der Waals surface area (Å²) in [5.41, 5.74) is 5.48. The van der Waals surface area contributed by atoms with E-state index >= 15 is 0 Å². The summed E-state index contributed by atoms with van der Waals surface area (Å²) in [6.45, 7) is -0.638. The number of aromatic nitrogens is 1. The first-order valence-corrected chi connectivity index (χ1v) is 4.74. The molecule has 1 aromatic heterocycles. The zero-order chi connectivity index (χ0) is 12.3. The number of carbonyl (C=O) groups excluding carboxylic acids is 1. The molecule has 0 bridgehead atoms. The Morgan fingerprint density at radius 3 is 2.81 bits per heavy atom. The highest BCUT2D eigenvalue weighted by Crippen LogP contribution is 2.17. The van der Waals surface area contributed by atoms with Gasteiger partial charge in [0.2, 0.25) is 0 Å². The second kappa shape index (κ2) is 5.07. The number of rotatable bonds is 3. The van der Waals surface area contributed by atoms with Gasteiger partial charge in [0, 0.05) is 13.2 Å². The molecule has 1 rings (SSSR count). The number of carbonyl (C=O) groups is 1. The maximum Gasteiger partial charge on any atom is 0.255 e. The largest absolute Gasteiger partial charge is 0.382 e. The molecule has 1 amide bonds. The van der Waals surface area contributed by atoms with Crippen LogP contribution in [-0.2, 0) is 0 Å². The van der Waals surface area contributed by atoms with E-state index in [2.05, 4.69) is 4.98 Å². The molecule has 0 atom stereocenters. The minimum absolute atomic E-state index is 0.0923. The third kappa shape index (κ3) is 3.03. The van der Waals surface area contributed by atoms with E-state index in [9.17, 15) is 13.6 Å². The zero-order valence-electron chi connectivity index (χ0n) is 8.45. The molecule has 1 aromatic rings. The first-order chi connectivity index (χ1) is 7.41. The molecule has 1 heterocycles. The molecule has 0 aliphatic carbocycles. The molecule has 0 aromatic carbocycles. The SMILES string of the molecule is CN(CC(F)F)C(=O)c1cnc(N)c(Cl)c1. The fraction of sp³-hybridized carbons (Fsp3) is 0.333. The first-order valence-electron chi connectivity index (χ1n) is 4.36. The Balaban J connectivity index is 2.84. The molecule has 0 spiro atoms. The smallest absolute Gasteiger partial charge is 0.255 e. The molecule has 0 fully saturated rings. The molecule has 7 heteroatoms. The van der Waals surface area contributed by atoms with E-state index in [1.54, 1.807) is 0 Å². The number of halogens is 3. The van der Waals surface area contributed by atoms with Gasteiger partial charge in [-0.25, -0.2) is 13.8 Å². The summed E-state index contributed by atoms with van der Waals surface area (Å²) in [5.74, 6) is -0.482. The van der Waals surface area contributed by atoms with Gasteiger partial charge in [-0.15, -0.1) is 0 Å². The predicted molar refractivity (Wildman–Crippen MR) is 56.6 cm³/mol. The molecule has 2 N–H and O–H groups in total. The predicted octanol–water partition coefficient (Wildman–Crippen LogP) is 1.65. The van der Waals surface area contributed by atoms with Gasteiger partial charge in [0.25, 0.3) is 12.3 Å². The van der Waals surface area contributed by atoms with Crippen molar-refractivity contribution < 1.29 is 13.6 Å². The average molecular weight is 250 g/mol. The van der Waals surface area contributed by atoms with Gasteiger partial charge in [0.1, 0.15) is 5.82 Å². The van der Waals surface area contributed by atoms with Crippen molar-refractivity contribution >= 4 is 23.3 Å². The van der Waals surface area contributed by atoms with Crippen LogP contribution in [0.2, 0.25) is 5.02 Å². The molecule has 0 radical (unpaired) electrons. The lowest BCUT2D eigenvalue weighted by atomic mass is 10.2. The Labute approximate surface area is 96.0 Å². The van der Waals surface area contributed by atoms with E-state index < -0.39 is 18.9 Å². The molecule has 0 saturated carbocycles. The molecular weight excluding hydrogens is 240 g/mol. The van der Waals surface area contributed by atoms with Gasteiger partial charge in [-0.05, 0) is 6.07 Å². The van der Waals surface area contributed by atoms with Gasteiger partial charge in [-0.1, -0.05) is 11.6 Å². The Hall–Kier alpha value is -1.43. The summed E-state index contributed by atoms with van der Waals surface area (Å²) in [4.78, 5) is 16.2. The van der Waals surface area contributed by atoms with Crippen LogP contribution in [-0.4, -0.2) is 35.8 Å². The Bertz CT molecular complexity index is 400. The van der Waals surface area contributed by atoms with Crippen LogP contribution in [0.4, 0.5) is 14.6 Å². The minimum Gasteiger partial charge on any atom is -0.382 e. The van der Waals surface area contributed by atoms with Crippen molar-refractivity contribution in [1.82, 2.24) is 9.88 Å². The molecule has 4 nitrogen and oxygen atoms in total. The Kier molecular flexibility index (Phi) is 4.00. The van der Waals surface area contributed by atoms with Gasteiger partial charge in [0.05, 0.1) is 17.1 Å². The highest BCUT2D eigenvalue weighted by atomic mass is 35.5. The normalized spacial score (nSPS) is 10.6. The minimum atomic E-state index is -2.58. The molecule has 16 heavy (non-hydrogen) atoms. The highest BCUT2D eigenvalue weighted by molar-refractivity contribution is 6.33. The molecule has 0 unspecified atom stereocenters. The number of nitrogen functional groups attached to an aromatic ring is 1. The van der Waals surface area contributed by atoms with Crippen molar-refractivity contribution in [2.45, 2.75) is 6.43 Å². The lowest BCUT2D eigenvalue weighted by Crippen LogP contribution is -2.31. The zero-order valence-corrected chi connectivity index (χ0v) is 9.21. The fourth-order valence-electron chi connectivity index (χ4n) is 1.08. The molecule has 0 aliphatic rings. The number of nitrogens with zero attached hydrogens (tertiary/aromatic N) is 2. The lowest BCUT2D eigenvalue weighted by Gasteiger charge is -2.16. The third-order valence-electron chi connectivity index (χ3n) is 1.88. The van der Waals surface area contributed by atoms with Crippen LogP contribution in [0.3, 0.4) is 0 Å². The van der Waals surface area contributed by atoms with E-state index in [1.807, 2.05) is 0 Å². The number of anilines is 1. The van der Waals surface area contributed by atoms with Crippen LogP contribution in [0.1, 0.15) is 10.4 Å². The number of pyridine rings is 1. The van der Waals surface area contributed by atoms with E-state index in [1.165, 1.54) is 19.3 Å². The van der Waals surface area contributed by atoms with Crippen LogP contribution in [0.5, 0.6) is 0 Å². The quantitative estimate of drug-likeness (QED) is 0.886. The van der Waals surface area contributed by atoms with Gasteiger partial charge >= 0.3 is 0 Å². The van der Waals surface area contributed by atoms with Gasteiger partial charge in [0.15, 0.2) is 0 Å². The summed E-state index contributed by atoms with van der Waals surface area (Å²) < 4.78 is 24.1. The maximum absolute atomic E-state index is 12.0. The monoisotopic (exact) mass is 249 g/mol. The topological polar surface area (TPSA) is 59.2 Å². The van der Waals surface area contributed by atoms with Crippen LogP contribution in [0, 0.1) is 0 Å². The summed E-state index contributed by atoms with van der Waals surface area (Å²) in [6, 6.07) is 1.30. The van der Waals surface area contributed by atoms with E-state index in [4.69, 9.17) is 17.3 Å². The van der Waals surface area contributed by atoms with Crippen molar-refractivity contribution in [3.8, 4) is 0 Å². The lowest BCUT2D eigenvalue weighted by molar-refractivity contribution is 0.0620. The Morgan fingerprint density at radius 2 is 2.31 bits per heavy atom. The second-order valence-electron chi connectivity index (χ2n) is 3.17. The standard InChI is InChI=1S/C9H10ClF2N3O/c1-15(4-7(11)12)9(16)5-2-6(10)8(13)14-3-5/h2-3,7H,4H2,1H3,(H2,13,14). The van der Waals surface area contributed by atoms with Gasteiger partial charge in [-0.3, -0.25) is 4.79 Å². The number of hydrogen-bond acceptors (Lipinski definition) is 3. The van der Waals surface area contributed by atoms with Crippen molar-refractivity contribution in [2.75, 3.05) is 19.3 Å². The third-order valence-corrected chi connectivity index (χ3v) is 2.18. The molecule has 88 valence electrons. The fourth-order valence-corrected chi connectivity index (χ4v) is 1.24.